The standard InChI is InChI=1S/C15H20Br2N4/c1-20(2)6-7-21-15(13(17)10-19-21)14(18)9-11-4-3-5-12(16)8-11/h3-5,8,10,14H,6-7,9,18H2,1-2H3. The Bertz CT molecular complexity index is 595. The lowest BCUT2D eigenvalue weighted by atomic mass is 10.0. The van der Waals surface area contributed by atoms with Crippen molar-refractivity contribution in [3.63, 3.8) is 0 Å². The molecule has 0 fully saturated rings. The van der Waals surface area contributed by atoms with E-state index in [-0.39, 0.29) is 6.04 Å². The highest BCUT2D eigenvalue weighted by molar-refractivity contribution is 9.10. The third-order valence-corrected chi connectivity index (χ3v) is 4.39. The minimum atomic E-state index is -0.0849. The molecular weight excluding hydrogens is 396 g/mol. The van der Waals surface area contributed by atoms with Crippen LogP contribution < -0.4 is 5.73 Å². The Morgan fingerprint density at radius 2 is 2.10 bits per heavy atom. The highest BCUT2D eigenvalue weighted by Crippen LogP contribution is 2.25. The summed E-state index contributed by atoms with van der Waals surface area (Å²) in [6, 6.07) is 8.17. The van der Waals surface area contributed by atoms with Crippen molar-refractivity contribution in [3.8, 4) is 0 Å². The van der Waals surface area contributed by atoms with Gasteiger partial charge in [0.2, 0.25) is 0 Å². The Hall–Kier alpha value is -0.690. The molecule has 0 amide bonds. The normalized spacial score (nSPS) is 12.9. The van der Waals surface area contributed by atoms with E-state index >= 15 is 0 Å². The highest BCUT2D eigenvalue weighted by atomic mass is 79.9. The lowest BCUT2D eigenvalue weighted by Crippen LogP contribution is -2.24. The predicted molar refractivity (Wildman–Crippen MR) is 93.3 cm³/mol. The van der Waals surface area contributed by atoms with E-state index in [1.165, 1.54) is 5.56 Å². The molecule has 2 aromatic rings. The van der Waals surface area contributed by atoms with Gasteiger partial charge in [0.05, 0.1) is 29.0 Å². The molecule has 0 saturated carbocycles. The molecule has 1 atom stereocenters. The van der Waals surface area contributed by atoms with Crippen LogP contribution in [0.2, 0.25) is 0 Å². The van der Waals surface area contributed by atoms with Gasteiger partial charge in [-0.3, -0.25) is 4.68 Å². The van der Waals surface area contributed by atoms with Crippen molar-refractivity contribution >= 4 is 31.9 Å². The highest BCUT2D eigenvalue weighted by Gasteiger charge is 2.17. The van der Waals surface area contributed by atoms with Crippen LogP contribution in [-0.2, 0) is 13.0 Å². The zero-order valence-corrected chi connectivity index (χ0v) is 15.4. The molecule has 21 heavy (non-hydrogen) atoms. The topological polar surface area (TPSA) is 47.1 Å². The van der Waals surface area contributed by atoms with Crippen LogP contribution in [0.3, 0.4) is 0 Å². The second kappa shape index (κ2) is 7.54. The lowest BCUT2D eigenvalue weighted by Gasteiger charge is -2.17. The molecule has 2 rings (SSSR count). The summed E-state index contributed by atoms with van der Waals surface area (Å²) in [5, 5.41) is 4.42. The third-order valence-electron chi connectivity index (χ3n) is 3.29. The van der Waals surface area contributed by atoms with Gasteiger partial charge in [0.1, 0.15) is 0 Å². The maximum atomic E-state index is 6.41. The van der Waals surface area contributed by atoms with Crippen LogP contribution >= 0.6 is 31.9 Å². The van der Waals surface area contributed by atoms with Gasteiger partial charge in [0, 0.05) is 11.0 Å². The first-order valence-corrected chi connectivity index (χ1v) is 8.42. The third kappa shape index (κ3) is 4.64. The molecule has 6 heteroatoms. The zero-order valence-electron chi connectivity index (χ0n) is 12.3. The summed E-state index contributed by atoms with van der Waals surface area (Å²) < 4.78 is 4.04. The molecule has 1 aromatic carbocycles. The van der Waals surface area contributed by atoms with Gasteiger partial charge in [-0.2, -0.15) is 5.10 Å². The second-order valence-electron chi connectivity index (χ2n) is 5.34. The summed E-state index contributed by atoms with van der Waals surface area (Å²) in [6.45, 7) is 1.77. The Labute approximate surface area is 142 Å². The van der Waals surface area contributed by atoms with Crippen LogP contribution in [0, 0.1) is 0 Å². The number of halogens is 2. The van der Waals surface area contributed by atoms with E-state index in [0.29, 0.717) is 0 Å². The molecule has 1 aromatic heterocycles. The summed E-state index contributed by atoms with van der Waals surface area (Å²) in [5.74, 6) is 0. The number of nitrogens with two attached hydrogens (primary N) is 1. The van der Waals surface area contributed by atoms with E-state index < -0.39 is 0 Å². The minimum Gasteiger partial charge on any atom is -0.322 e. The van der Waals surface area contributed by atoms with Crippen LogP contribution in [0.5, 0.6) is 0 Å². The molecule has 1 heterocycles. The van der Waals surface area contributed by atoms with E-state index in [0.717, 1.165) is 34.1 Å². The molecule has 114 valence electrons. The average molecular weight is 416 g/mol. The summed E-state index contributed by atoms with van der Waals surface area (Å²) in [4.78, 5) is 2.14. The van der Waals surface area contributed by atoms with Gasteiger partial charge in [-0.25, -0.2) is 0 Å². The monoisotopic (exact) mass is 414 g/mol. The fourth-order valence-corrected chi connectivity index (χ4v) is 3.26. The van der Waals surface area contributed by atoms with Crippen molar-refractivity contribution in [2.45, 2.75) is 19.0 Å². The van der Waals surface area contributed by atoms with Crippen molar-refractivity contribution in [2.75, 3.05) is 20.6 Å². The van der Waals surface area contributed by atoms with Crippen molar-refractivity contribution in [3.05, 3.63) is 50.7 Å². The minimum absolute atomic E-state index is 0.0849. The number of hydrogen-bond donors (Lipinski definition) is 1. The van der Waals surface area contributed by atoms with Gasteiger partial charge < -0.3 is 10.6 Å². The SMILES string of the molecule is CN(C)CCn1ncc(Br)c1C(N)Cc1cccc(Br)c1. The maximum Gasteiger partial charge on any atom is 0.0697 e. The summed E-state index contributed by atoms with van der Waals surface area (Å²) in [6.07, 6.45) is 2.61. The van der Waals surface area contributed by atoms with Gasteiger partial charge in [0.25, 0.3) is 0 Å². The molecule has 4 nitrogen and oxygen atoms in total. The van der Waals surface area contributed by atoms with E-state index in [9.17, 15) is 0 Å². The van der Waals surface area contributed by atoms with Crippen LogP contribution in [0.15, 0.2) is 39.4 Å². The van der Waals surface area contributed by atoms with Crippen LogP contribution in [-0.4, -0.2) is 35.3 Å². The van der Waals surface area contributed by atoms with Crippen molar-refractivity contribution in [1.29, 1.82) is 0 Å². The summed E-state index contributed by atoms with van der Waals surface area (Å²) >= 11 is 7.06. The Balaban J connectivity index is 2.14. The smallest absolute Gasteiger partial charge is 0.0697 e. The van der Waals surface area contributed by atoms with Crippen LogP contribution in [0.25, 0.3) is 0 Å². The number of likely N-dealkylation sites (N-methyl/N-ethyl adjacent to an activating group) is 1. The van der Waals surface area contributed by atoms with Gasteiger partial charge in [-0.15, -0.1) is 0 Å². The first-order valence-electron chi connectivity index (χ1n) is 6.83. The maximum absolute atomic E-state index is 6.41. The summed E-state index contributed by atoms with van der Waals surface area (Å²) in [5.41, 5.74) is 8.67. The average Bonchev–Trinajstić information content (AvgIpc) is 2.77. The van der Waals surface area contributed by atoms with Crippen LogP contribution in [0.4, 0.5) is 0 Å². The number of nitrogens with zero attached hydrogens (tertiary/aromatic N) is 3. The molecule has 1 unspecified atom stereocenters. The van der Waals surface area contributed by atoms with Gasteiger partial charge in [-0.05, 0) is 54.1 Å². The van der Waals surface area contributed by atoms with E-state index in [4.69, 9.17) is 5.73 Å². The largest absolute Gasteiger partial charge is 0.322 e. The van der Waals surface area contributed by atoms with Gasteiger partial charge >= 0.3 is 0 Å². The van der Waals surface area contributed by atoms with Gasteiger partial charge in [0.15, 0.2) is 0 Å². The summed E-state index contributed by atoms with van der Waals surface area (Å²) in [7, 11) is 4.11. The lowest BCUT2D eigenvalue weighted by molar-refractivity contribution is 0.366. The Kier molecular flexibility index (Phi) is 5.98. The molecule has 0 aliphatic carbocycles. The first-order chi connectivity index (χ1) is 9.97. The van der Waals surface area contributed by atoms with E-state index in [2.05, 4.69) is 68.1 Å². The molecular formula is C15H20Br2N4. The van der Waals surface area contributed by atoms with E-state index in [1.54, 1.807) is 0 Å². The fourth-order valence-electron chi connectivity index (χ4n) is 2.23. The van der Waals surface area contributed by atoms with Crippen molar-refractivity contribution in [2.24, 2.45) is 5.73 Å². The molecule has 2 N–H and O–H groups in total. The second-order valence-corrected chi connectivity index (χ2v) is 7.11. The first kappa shape index (κ1) is 16.7. The van der Waals surface area contributed by atoms with Gasteiger partial charge in [-0.1, -0.05) is 28.1 Å². The van der Waals surface area contributed by atoms with E-state index in [1.807, 2.05) is 23.0 Å². The van der Waals surface area contributed by atoms with Crippen molar-refractivity contribution < 1.29 is 0 Å². The number of aromatic nitrogens is 2. The molecule has 0 saturated heterocycles. The Morgan fingerprint density at radius 3 is 2.76 bits per heavy atom. The fraction of sp³-hybridized carbons (Fsp3) is 0.400. The molecule has 0 aliphatic rings. The van der Waals surface area contributed by atoms with Crippen molar-refractivity contribution in [1.82, 2.24) is 14.7 Å². The number of benzene rings is 1. The van der Waals surface area contributed by atoms with Crippen LogP contribution in [0.1, 0.15) is 17.3 Å². The number of rotatable bonds is 6. The molecule has 0 spiro atoms. The molecule has 0 bridgehead atoms. The predicted octanol–water partition coefficient (Wildman–Crippen LogP) is 3.21. The number of hydrogen-bond acceptors (Lipinski definition) is 3. The zero-order chi connectivity index (χ0) is 15.4. The quantitative estimate of drug-likeness (QED) is 0.787. The Morgan fingerprint density at radius 1 is 1.33 bits per heavy atom. The molecule has 0 aliphatic heterocycles. The molecule has 0 radical (unpaired) electrons.